The summed E-state index contributed by atoms with van der Waals surface area (Å²) in [5.41, 5.74) is 3.08. The number of halogens is 1. The standard InChI is InChI=1S/C22H29FN4O/c1-17-5-3-6-21(24-17)15-18(2)25-22(28)27-12-4-11-26(13-14-27)16-19-7-9-20(23)10-8-19/h3,5-10,18H,4,11-16H2,1-2H3,(H,25,28). The molecule has 0 aliphatic carbocycles. The zero-order valence-electron chi connectivity index (χ0n) is 16.7. The summed E-state index contributed by atoms with van der Waals surface area (Å²) in [5.74, 6) is -0.211. The van der Waals surface area contributed by atoms with Crippen LogP contribution in [-0.4, -0.2) is 53.0 Å². The normalized spacial score (nSPS) is 16.5. The molecule has 1 N–H and O–H groups in total. The monoisotopic (exact) mass is 384 g/mol. The van der Waals surface area contributed by atoms with E-state index in [2.05, 4.69) is 15.2 Å². The maximum Gasteiger partial charge on any atom is 0.317 e. The molecule has 0 bridgehead atoms. The lowest BCUT2D eigenvalue weighted by Gasteiger charge is -2.24. The highest BCUT2D eigenvalue weighted by molar-refractivity contribution is 5.74. The largest absolute Gasteiger partial charge is 0.335 e. The van der Waals surface area contributed by atoms with E-state index in [1.165, 1.54) is 12.1 Å². The van der Waals surface area contributed by atoms with Crippen LogP contribution >= 0.6 is 0 Å². The minimum Gasteiger partial charge on any atom is -0.335 e. The van der Waals surface area contributed by atoms with Crippen LogP contribution in [0.15, 0.2) is 42.5 Å². The Bertz CT molecular complexity index is 780. The molecule has 1 fully saturated rings. The molecule has 150 valence electrons. The van der Waals surface area contributed by atoms with Gasteiger partial charge in [0.25, 0.3) is 0 Å². The van der Waals surface area contributed by atoms with Gasteiger partial charge in [0.05, 0.1) is 0 Å². The molecule has 1 aromatic heterocycles. The van der Waals surface area contributed by atoms with Gasteiger partial charge >= 0.3 is 6.03 Å². The van der Waals surface area contributed by atoms with Crippen molar-refractivity contribution in [2.45, 2.75) is 39.3 Å². The Morgan fingerprint density at radius 1 is 1.14 bits per heavy atom. The van der Waals surface area contributed by atoms with Gasteiger partial charge in [-0.1, -0.05) is 18.2 Å². The van der Waals surface area contributed by atoms with E-state index in [-0.39, 0.29) is 17.9 Å². The van der Waals surface area contributed by atoms with Crippen molar-refractivity contribution in [1.29, 1.82) is 0 Å². The summed E-state index contributed by atoms with van der Waals surface area (Å²) in [7, 11) is 0. The first-order valence-electron chi connectivity index (χ1n) is 9.94. The highest BCUT2D eigenvalue weighted by Gasteiger charge is 2.20. The molecular weight excluding hydrogens is 355 g/mol. The van der Waals surface area contributed by atoms with E-state index in [1.54, 1.807) is 0 Å². The summed E-state index contributed by atoms with van der Waals surface area (Å²) in [6.45, 7) is 7.97. The molecule has 1 aliphatic rings. The lowest BCUT2D eigenvalue weighted by molar-refractivity contribution is 0.194. The summed E-state index contributed by atoms with van der Waals surface area (Å²) in [6, 6.07) is 12.6. The lowest BCUT2D eigenvalue weighted by atomic mass is 10.1. The Balaban J connectivity index is 1.47. The van der Waals surface area contributed by atoms with Gasteiger partial charge in [0.1, 0.15) is 5.82 Å². The molecule has 1 saturated heterocycles. The highest BCUT2D eigenvalue weighted by atomic mass is 19.1. The third-order valence-electron chi connectivity index (χ3n) is 5.03. The van der Waals surface area contributed by atoms with E-state index in [0.717, 1.165) is 56.0 Å². The molecule has 2 amide bonds. The lowest BCUT2D eigenvalue weighted by Crippen LogP contribution is -2.46. The molecule has 1 aromatic carbocycles. The first kappa shape index (κ1) is 20.3. The zero-order chi connectivity index (χ0) is 19.9. The number of carbonyl (C=O) groups is 1. The molecular formula is C22H29FN4O. The number of hydrogen-bond acceptors (Lipinski definition) is 3. The Morgan fingerprint density at radius 2 is 1.93 bits per heavy atom. The fraction of sp³-hybridized carbons (Fsp3) is 0.455. The van der Waals surface area contributed by atoms with Crippen LogP contribution < -0.4 is 5.32 Å². The number of carbonyl (C=O) groups excluding carboxylic acids is 1. The third kappa shape index (κ3) is 6.02. The summed E-state index contributed by atoms with van der Waals surface area (Å²) < 4.78 is 13.1. The molecule has 2 heterocycles. The first-order valence-corrected chi connectivity index (χ1v) is 9.94. The molecule has 3 rings (SSSR count). The van der Waals surface area contributed by atoms with E-state index in [9.17, 15) is 9.18 Å². The fourth-order valence-corrected chi connectivity index (χ4v) is 3.56. The number of hydrogen-bond donors (Lipinski definition) is 1. The van der Waals surface area contributed by atoms with Crippen molar-refractivity contribution in [3.63, 3.8) is 0 Å². The van der Waals surface area contributed by atoms with E-state index < -0.39 is 0 Å². The Kier molecular flexibility index (Phi) is 6.98. The van der Waals surface area contributed by atoms with Gasteiger partial charge in [-0.05, 0) is 50.1 Å². The smallest absolute Gasteiger partial charge is 0.317 e. The summed E-state index contributed by atoms with van der Waals surface area (Å²) in [6.07, 6.45) is 1.65. The molecule has 5 nitrogen and oxygen atoms in total. The van der Waals surface area contributed by atoms with E-state index in [0.29, 0.717) is 6.54 Å². The highest BCUT2D eigenvalue weighted by Crippen LogP contribution is 2.11. The van der Waals surface area contributed by atoms with Crippen molar-refractivity contribution in [2.75, 3.05) is 26.2 Å². The van der Waals surface area contributed by atoms with Crippen molar-refractivity contribution < 1.29 is 9.18 Å². The van der Waals surface area contributed by atoms with Crippen LogP contribution in [0.25, 0.3) is 0 Å². The molecule has 1 unspecified atom stereocenters. The van der Waals surface area contributed by atoms with Crippen LogP contribution in [0.4, 0.5) is 9.18 Å². The topological polar surface area (TPSA) is 48.5 Å². The first-order chi connectivity index (χ1) is 13.5. The number of urea groups is 1. The molecule has 0 spiro atoms. The van der Waals surface area contributed by atoms with Crippen LogP contribution in [0.5, 0.6) is 0 Å². The Morgan fingerprint density at radius 3 is 2.68 bits per heavy atom. The quantitative estimate of drug-likeness (QED) is 0.860. The number of pyridine rings is 1. The summed E-state index contributed by atoms with van der Waals surface area (Å²) in [5, 5.41) is 3.10. The molecule has 1 aliphatic heterocycles. The third-order valence-corrected chi connectivity index (χ3v) is 5.03. The van der Waals surface area contributed by atoms with Gasteiger partial charge in [-0.2, -0.15) is 0 Å². The predicted molar refractivity (Wildman–Crippen MR) is 109 cm³/mol. The van der Waals surface area contributed by atoms with Crippen LogP contribution in [0.2, 0.25) is 0 Å². The summed E-state index contributed by atoms with van der Waals surface area (Å²) >= 11 is 0. The zero-order valence-corrected chi connectivity index (χ0v) is 16.7. The molecule has 1 atom stereocenters. The minimum absolute atomic E-state index is 0.0104. The van der Waals surface area contributed by atoms with Crippen molar-refractivity contribution in [2.24, 2.45) is 0 Å². The van der Waals surface area contributed by atoms with Crippen molar-refractivity contribution in [3.8, 4) is 0 Å². The minimum atomic E-state index is -0.211. The second-order valence-electron chi connectivity index (χ2n) is 7.57. The second kappa shape index (κ2) is 9.64. The van der Waals surface area contributed by atoms with E-state index >= 15 is 0 Å². The molecule has 0 saturated carbocycles. The fourth-order valence-electron chi connectivity index (χ4n) is 3.56. The number of rotatable bonds is 5. The number of aromatic nitrogens is 1. The van der Waals surface area contributed by atoms with E-state index in [1.807, 2.05) is 49.1 Å². The van der Waals surface area contributed by atoms with Crippen LogP contribution in [0.1, 0.15) is 30.3 Å². The van der Waals surface area contributed by atoms with Gasteiger partial charge in [-0.25, -0.2) is 9.18 Å². The average molecular weight is 384 g/mol. The number of aryl methyl sites for hydroxylation is 1. The van der Waals surface area contributed by atoms with Crippen molar-refractivity contribution in [3.05, 3.63) is 65.2 Å². The number of amides is 2. The maximum atomic E-state index is 13.1. The molecule has 2 aromatic rings. The van der Waals surface area contributed by atoms with Crippen molar-refractivity contribution in [1.82, 2.24) is 20.1 Å². The van der Waals surface area contributed by atoms with Crippen LogP contribution in [0.3, 0.4) is 0 Å². The second-order valence-corrected chi connectivity index (χ2v) is 7.57. The van der Waals surface area contributed by atoms with Gasteiger partial charge in [0.15, 0.2) is 0 Å². The Labute approximate surface area is 166 Å². The molecule has 28 heavy (non-hydrogen) atoms. The maximum absolute atomic E-state index is 13.1. The van der Waals surface area contributed by atoms with Crippen molar-refractivity contribution >= 4 is 6.03 Å². The van der Waals surface area contributed by atoms with Crippen LogP contribution in [0, 0.1) is 12.7 Å². The summed E-state index contributed by atoms with van der Waals surface area (Å²) in [4.78, 5) is 21.4. The number of nitrogens with zero attached hydrogens (tertiary/aromatic N) is 3. The van der Waals surface area contributed by atoms with Gasteiger partial charge in [-0.15, -0.1) is 0 Å². The SMILES string of the molecule is Cc1cccc(CC(C)NC(=O)N2CCCN(Cc3ccc(F)cc3)CC2)n1. The number of benzene rings is 1. The predicted octanol–water partition coefficient (Wildman–Crippen LogP) is 3.38. The van der Waals surface area contributed by atoms with Gasteiger partial charge < -0.3 is 10.2 Å². The average Bonchev–Trinajstić information content (AvgIpc) is 2.89. The Hall–Kier alpha value is -2.47. The van der Waals surface area contributed by atoms with Gasteiger partial charge in [0, 0.05) is 56.6 Å². The van der Waals surface area contributed by atoms with Crippen LogP contribution in [-0.2, 0) is 13.0 Å². The van der Waals surface area contributed by atoms with E-state index in [4.69, 9.17) is 0 Å². The molecule has 6 heteroatoms. The van der Waals surface area contributed by atoms with Gasteiger partial charge in [0.2, 0.25) is 0 Å². The molecule has 0 radical (unpaired) electrons. The number of nitrogens with one attached hydrogen (secondary N) is 1. The van der Waals surface area contributed by atoms with Gasteiger partial charge in [-0.3, -0.25) is 9.88 Å².